The quantitative estimate of drug-likeness (QED) is 0.910. The van der Waals surface area contributed by atoms with E-state index in [0.717, 1.165) is 17.9 Å². The third-order valence-electron chi connectivity index (χ3n) is 3.59. The van der Waals surface area contributed by atoms with E-state index in [9.17, 15) is 22.8 Å². The first kappa shape index (κ1) is 17.7. The summed E-state index contributed by atoms with van der Waals surface area (Å²) in [6, 6.07) is 4.09. The van der Waals surface area contributed by atoms with Crippen molar-refractivity contribution in [3.63, 3.8) is 0 Å². The van der Waals surface area contributed by atoms with Crippen LogP contribution in [0.3, 0.4) is 0 Å². The minimum absolute atomic E-state index is 0.0288. The Bertz CT molecular complexity index is 574. The first-order chi connectivity index (χ1) is 10.8. The monoisotopic (exact) mass is 347 g/mol. The average molecular weight is 347 g/mol. The van der Waals surface area contributed by atoms with Crippen LogP contribution in [0.25, 0.3) is 0 Å². The standard InChI is InChI=1S/C15H16F3NO3S/c16-15(17,18)11-3-1-10(2-4-11)7-13(20)19-5-6-23-9-12(19)8-14(21)22/h1-4,12H,5-9H2,(H,21,22). The van der Waals surface area contributed by atoms with E-state index in [1.165, 1.54) is 17.0 Å². The van der Waals surface area contributed by atoms with Gasteiger partial charge < -0.3 is 10.0 Å². The molecule has 1 aliphatic rings. The van der Waals surface area contributed by atoms with Crippen LogP contribution in [0.5, 0.6) is 0 Å². The number of nitrogens with zero attached hydrogens (tertiary/aromatic N) is 1. The van der Waals surface area contributed by atoms with Crippen LogP contribution < -0.4 is 0 Å². The Morgan fingerprint density at radius 3 is 2.48 bits per heavy atom. The molecule has 23 heavy (non-hydrogen) atoms. The van der Waals surface area contributed by atoms with E-state index in [1.54, 1.807) is 11.8 Å². The predicted octanol–water partition coefficient (Wildman–Crippen LogP) is 2.67. The summed E-state index contributed by atoms with van der Waals surface area (Å²) in [5, 5.41) is 8.91. The van der Waals surface area contributed by atoms with Gasteiger partial charge in [-0.05, 0) is 17.7 Å². The van der Waals surface area contributed by atoms with E-state index in [-0.39, 0.29) is 24.8 Å². The molecule has 1 amide bonds. The molecule has 1 saturated heterocycles. The minimum Gasteiger partial charge on any atom is -0.481 e. The number of amides is 1. The van der Waals surface area contributed by atoms with Crippen molar-refractivity contribution in [2.45, 2.75) is 25.1 Å². The molecule has 1 aromatic carbocycles. The number of hydrogen-bond acceptors (Lipinski definition) is 3. The lowest BCUT2D eigenvalue weighted by Crippen LogP contribution is -2.47. The summed E-state index contributed by atoms with van der Waals surface area (Å²) < 4.78 is 37.5. The van der Waals surface area contributed by atoms with Crippen LogP contribution in [0.2, 0.25) is 0 Å². The van der Waals surface area contributed by atoms with Gasteiger partial charge in [-0.25, -0.2) is 0 Å². The van der Waals surface area contributed by atoms with Gasteiger partial charge in [-0.2, -0.15) is 24.9 Å². The molecule has 0 saturated carbocycles. The third kappa shape index (κ3) is 4.89. The highest BCUT2D eigenvalue weighted by Crippen LogP contribution is 2.29. The van der Waals surface area contributed by atoms with Crippen LogP contribution in [0.15, 0.2) is 24.3 Å². The molecule has 126 valence electrons. The molecule has 1 heterocycles. The molecular formula is C15H16F3NO3S. The van der Waals surface area contributed by atoms with Crippen molar-refractivity contribution in [1.29, 1.82) is 0 Å². The largest absolute Gasteiger partial charge is 0.481 e. The maximum Gasteiger partial charge on any atom is 0.416 e. The zero-order valence-corrected chi connectivity index (χ0v) is 13.0. The highest BCUT2D eigenvalue weighted by atomic mass is 32.2. The Kier molecular flexibility index (Phi) is 5.56. The van der Waals surface area contributed by atoms with Crippen LogP contribution >= 0.6 is 11.8 Å². The summed E-state index contributed by atoms with van der Waals surface area (Å²) in [6.45, 7) is 0.460. The normalized spacial score (nSPS) is 18.7. The van der Waals surface area contributed by atoms with Gasteiger partial charge in [0.25, 0.3) is 0 Å². The van der Waals surface area contributed by atoms with Crippen LogP contribution in [0.1, 0.15) is 17.5 Å². The number of aliphatic carboxylic acids is 1. The van der Waals surface area contributed by atoms with E-state index in [0.29, 0.717) is 17.9 Å². The molecule has 0 aliphatic carbocycles. The first-order valence-electron chi connectivity index (χ1n) is 7.02. The van der Waals surface area contributed by atoms with Crippen LogP contribution in [0.4, 0.5) is 13.2 Å². The molecular weight excluding hydrogens is 331 g/mol. The number of carboxylic acids is 1. The second-order valence-corrected chi connectivity index (χ2v) is 6.44. The van der Waals surface area contributed by atoms with Crippen molar-refractivity contribution in [2.24, 2.45) is 0 Å². The van der Waals surface area contributed by atoms with Gasteiger partial charge in [0.15, 0.2) is 0 Å². The van der Waals surface area contributed by atoms with Gasteiger partial charge in [0.2, 0.25) is 5.91 Å². The number of rotatable bonds is 4. The van der Waals surface area contributed by atoms with Crippen LogP contribution in [-0.4, -0.2) is 46.0 Å². The second-order valence-electron chi connectivity index (χ2n) is 5.29. The Morgan fingerprint density at radius 1 is 1.26 bits per heavy atom. The topological polar surface area (TPSA) is 57.6 Å². The zero-order chi connectivity index (χ0) is 17.0. The molecule has 4 nitrogen and oxygen atoms in total. The lowest BCUT2D eigenvalue weighted by molar-refractivity contribution is -0.140. The van der Waals surface area contributed by atoms with Crippen molar-refractivity contribution in [3.05, 3.63) is 35.4 Å². The van der Waals surface area contributed by atoms with Gasteiger partial charge in [0.1, 0.15) is 0 Å². The van der Waals surface area contributed by atoms with Gasteiger partial charge in [0, 0.05) is 18.1 Å². The van der Waals surface area contributed by atoms with Gasteiger partial charge in [-0.3, -0.25) is 9.59 Å². The summed E-state index contributed by atoms with van der Waals surface area (Å²) in [5.74, 6) is 0.0704. The number of carboxylic acid groups (broad SMARTS) is 1. The number of benzene rings is 1. The van der Waals surface area contributed by atoms with E-state index in [2.05, 4.69) is 0 Å². The third-order valence-corrected chi connectivity index (χ3v) is 4.69. The summed E-state index contributed by atoms with van der Waals surface area (Å²) in [5.41, 5.74) is -0.276. The highest BCUT2D eigenvalue weighted by molar-refractivity contribution is 7.99. The maximum atomic E-state index is 12.5. The molecule has 1 fully saturated rings. The molecule has 1 unspecified atom stereocenters. The molecule has 8 heteroatoms. The number of carbonyl (C=O) groups is 2. The first-order valence-corrected chi connectivity index (χ1v) is 8.18. The molecule has 0 aromatic heterocycles. The summed E-state index contributed by atoms with van der Waals surface area (Å²) in [7, 11) is 0. The molecule has 2 rings (SSSR count). The molecule has 0 spiro atoms. The maximum absolute atomic E-state index is 12.5. The predicted molar refractivity (Wildman–Crippen MR) is 80.2 cm³/mol. The molecule has 1 N–H and O–H groups in total. The van der Waals surface area contributed by atoms with Gasteiger partial charge >= 0.3 is 12.1 Å². The minimum atomic E-state index is -4.40. The number of alkyl halides is 3. The molecule has 1 aliphatic heterocycles. The number of thioether (sulfide) groups is 1. The summed E-state index contributed by atoms with van der Waals surface area (Å²) in [4.78, 5) is 24.7. The lowest BCUT2D eigenvalue weighted by atomic mass is 10.1. The Morgan fingerprint density at radius 2 is 1.91 bits per heavy atom. The molecule has 1 atom stereocenters. The van der Waals surface area contributed by atoms with E-state index in [1.807, 2.05) is 0 Å². The van der Waals surface area contributed by atoms with E-state index in [4.69, 9.17) is 5.11 Å². The average Bonchev–Trinajstić information content (AvgIpc) is 2.46. The number of halogens is 3. The van der Waals surface area contributed by atoms with Crippen molar-refractivity contribution < 1.29 is 27.9 Å². The lowest BCUT2D eigenvalue weighted by Gasteiger charge is -2.34. The Labute approximate surface area is 135 Å². The van der Waals surface area contributed by atoms with Gasteiger partial charge in [-0.1, -0.05) is 12.1 Å². The smallest absolute Gasteiger partial charge is 0.416 e. The fraction of sp³-hybridized carbons (Fsp3) is 0.467. The number of carbonyl (C=O) groups excluding carboxylic acids is 1. The zero-order valence-electron chi connectivity index (χ0n) is 12.2. The SMILES string of the molecule is O=C(O)CC1CSCCN1C(=O)Cc1ccc(C(F)(F)F)cc1. The Hall–Kier alpha value is -1.70. The van der Waals surface area contributed by atoms with E-state index >= 15 is 0 Å². The molecule has 0 bridgehead atoms. The van der Waals surface area contributed by atoms with Gasteiger partial charge in [-0.15, -0.1) is 0 Å². The van der Waals surface area contributed by atoms with Crippen molar-refractivity contribution in [3.8, 4) is 0 Å². The van der Waals surface area contributed by atoms with Crippen molar-refractivity contribution in [1.82, 2.24) is 4.90 Å². The Balaban J connectivity index is 2.03. The fourth-order valence-corrected chi connectivity index (χ4v) is 3.50. The van der Waals surface area contributed by atoms with Crippen LogP contribution in [0, 0.1) is 0 Å². The second kappa shape index (κ2) is 7.25. The van der Waals surface area contributed by atoms with E-state index < -0.39 is 17.7 Å². The molecule has 1 aromatic rings. The summed E-state index contributed by atoms with van der Waals surface area (Å²) >= 11 is 1.59. The van der Waals surface area contributed by atoms with Crippen LogP contribution in [-0.2, 0) is 22.2 Å². The summed E-state index contributed by atoms with van der Waals surface area (Å²) in [6.07, 6.45) is -4.55. The highest BCUT2D eigenvalue weighted by Gasteiger charge is 2.31. The van der Waals surface area contributed by atoms with Gasteiger partial charge in [0.05, 0.1) is 24.4 Å². The van der Waals surface area contributed by atoms with Crippen molar-refractivity contribution >= 4 is 23.6 Å². The number of hydrogen-bond donors (Lipinski definition) is 1. The van der Waals surface area contributed by atoms with Crippen molar-refractivity contribution in [2.75, 3.05) is 18.1 Å². The fourth-order valence-electron chi connectivity index (χ4n) is 2.44. The molecule has 0 radical (unpaired) electrons.